The van der Waals surface area contributed by atoms with Crippen molar-refractivity contribution in [1.82, 2.24) is 5.32 Å². The number of anilines is 1. The van der Waals surface area contributed by atoms with Crippen LogP contribution in [-0.4, -0.2) is 32.2 Å². The third-order valence-electron chi connectivity index (χ3n) is 3.30. The van der Waals surface area contributed by atoms with E-state index >= 15 is 0 Å². The predicted molar refractivity (Wildman–Crippen MR) is 82.8 cm³/mol. The quantitative estimate of drug-likeness (QED) is 0.768. The monoisotopic (exact) mass is 278 g/mol. The van der Waals surface area contributed by atoms with Gasteiger partial charge >= 0.3 is 0 Å². The van der Waals surface area contributed by atoms with Crippen LogP contribution in [0.25, 0.3) is 0 Å². The van der Waals surface area contributed by atoms with Crippen LogP contribution >= 0.6 is 0 Å². The van der Waals surface area contributed by atoms with E-state index in [1.807, 2.05) is 37.3 Å². The Morgan fingerprint density at radius 3 is 2.55 bits per heavy atom. The molecule has 1 aromatic carbocycles. The fourth-order valence-corrected chi connectivity index (χ4v) is 1.76. The van der Waals surface area contributed by atoms with E-state index in [2.05, 4.69) is 24.5 Å². The molecule has 0 spiro atoms. The molecule has 0 bridgehead atoms. The van der Waals surface area contributed by atoms with Crippen molar-refractivity contribution < 1.29 is 9.53 Å². The van der Waals surface area contributed by atoms with Crippen LogP contribution in [0.5, 0.6) is 0 Å². The number of nitrogens with one attached hydrogen (secondary N) is 2. The van der Waals surface area contributed by atoms with E-state index in [1.54, 1.807) is 7.11 Å². The van der Waals surface area contributed by atoms with Gasteiger partial charge in [-0.05, 0) is 30.9 Å². The normalized spacial score (nSPS) is 13.0. The highest BCUT2D eigenvalue weighted by atomic mass is 16.5. The zero-order chi connectivity index (χ0) is 15.0. The number of benzene rings is 1. The molecule has 20 heavy (non-hydrogen) atoms. The van der Waals surface area contributed by atoms with Crippen molar-refractivity contribution in [2.45, 2.75) is 33.2 Å². The van der Waals surface area contributed by atoms with Crippen LogP contribution in [-0.2, 0) is 9.53 Å². The lowest BCUT2D eigenvalue weighted by atomic mass is 9.89. The summed E-state index contributed by atoms with van der Waals surface area (Å²) < 4.78 is 5.10. The molecule has 1 amide bonds. The van der Waals surface area contributed by atoms with Crippen molar-refractivity contribution in [3.8, 4) is 0 Å². The van der Waals surface area contributed by atoms with Crippen LogP contribution in [0.3, 0.4) is 0 Å². The van der Waals surface area contributed by atoms with Crippen molar-refractivity contribution >= 4 is 11.6 Å². The highest BCUT2D eigenvalue weighted by molar-refractivity contribution is 5.94. The Morgan fingerprint density at radius 1 is 1.30 bits per heavy atom. The van der Waals surface area contributed by atoms with Crippen LogP contribution in [0.1, 0.15) is 27.2 Å². The van der Waals surface area contributed by atoms with Crippen LogP contribution in [0.15, 0.2) is 30.3 Å². The second-order valence-electron chi connectivity index (χ2n) is 5.86. The first-order valence-corrected chi connectivity index (χ1v) is 7.03. The number of carbonyl (C=O) groups excluding carboxylic acids is 1. The van der Waals surface area contributed by atoms with Gasteiger partial charge in [0.2, 0.25) is 5.91 Å². The molecule has 112 valence electrons. The molecule has 1 aromatic rings. The third kappa shape index (κ3) is 6.17. The smallest absolute Gasteiger partial charge is 0.241 e. The molecule has 0 radical (unpaired) electrons. The van der Waals surface area contributed by atoms with Gasteiger partial charge in [0, 0.05) is 25.9 Å². The predicted octanol–water partition coefficient (Wildman–Crippen LogP) is 2.67. The molecule has 0 heterocycles. The molecule has 0 saturated carbocycles. The fraction of sp³-hybridized carbons (Fsp3) is 0.562. The molecule has 2 N–H and O–H groups in total. The van der Waals surface area contributed by atoms with Gasteiger partial charge in [-0.1, -0.05) is 32.0 Å². The Bertz CT molecular complexity index is 404. The van der Waals surface area contributed by atoms with Gasteiger partial charge in [-0.15, -0.1) is 0 Å². The summed E-state index contributed by atoms with van der Waals surface area (Å²) in [6.45, 7) is 7.73. The Balaban J connectivity index is 2.38. The van der Waals surface area contributed by atoms with E-state index in [-0.39, 0.29) is 17.4 Å². The molecule has 1 atom stereocenters. The largest absolute Gasteiger partial charge is 0.385 e. The van der Waals surface area contributed by atoms with Crippen molar-refractivity contribution in [2.75, 3.05) is 25.6 Å². The Labute approximate surface area is 121 Å². The number of hydrogen-bond acceptors (Lipinski definition) is 3. The summed E-state index contributed by atoms with van der Waals surface area (Å²) in [6.07, 6.45) is 0.962. The number of ether oxygens (including phenoxy) is 1. The lowest BCUT2D eigenvalue weighted by Gasteiger charge is -2.26. The van der Waals surface area contributed by atoms with E-state index in [1.165, 1.54) is 0 Å². The van der Waals surface area contributed by atoms with E-state index in [0.717, 1.165) is 25.3 Å². The van der Waals surface area contributed by atoms with Gasteiger partial charge in [0.15, 0.2) is 0 Å². The Kier molecular flexibility index (Phi) is 6.68. The highest BCUT2D eigenvalue weighted by Gasteiger charge is 2.20. The third-order valence-corrected chi connectivity index (χ3v) is 3.30. The van der Waals surface area contributed by atoms with Crippen molar-refractivity contribution in [1.29, 1.82) is 0 Å². The SMILES string of the molecule is COCCC(C)(C)CNC(C)C(=O)Nc1ccccc1. The lowest BCUT2D eigenvalue weighted by Crippen LogP contribution is -2.42. The maximum Gasteiger partial charge on any atom is 0.241 e. The number of amides is 1. The van der Waals surface area contributed by atoms with Crippen molar-refractivity contribution in [3.63, 3.8) is 0 Å². The van der Waals surface area contributed by atoms with Gasteiger partial charge in [0.25, 0.3) is 0 Å². The maximum atomic E-state index is 12.0. The first-order valence-electron chi connectivity index (χ1n) is 7.03. The average Bonchev–Trinajstić information content (AvgIpc) is 2.44. The van der Waals surface area contributed by atoms with E-state index in [9.17, 15) is 4.79 Å². The minimum Gasteiger partial charge on any atom is -0.385 e. The van der Waals surface area contributed by atoms with Crippen LogP contribution < -0.4 is 10.6 Å². The molecule has 0 aliphatic heterocycles. The molecular formula is C16H26N2O2. The highest BCUT2D eigenvalue weighted by Crippen LogP contribution is 2.19. The molecule has 1 unspecified atom stereocenters. The van der Waals surface area contributed by atoms with E-state index < -0.39 is 0 Å². The molecule has 4 heteroatoms. The van der Waals surface area contributed by atoms with E-state index in [4.69, 9.17) is 4.74 Å². The molecular weight excluding hydrogens is 252 g/mol. The second-order valence-corrected chi connectivity index (χ2v) is 5.86. The first-order chi connectivity index (χ1) is 9.44. The van der Waals surface area contributed by atoms with Gasteiger partial charge in [0.1, 0.15) is 0 Å². The topological polar surface area (TPSA) is 50.4 Å². The molecule has 0 aliphatic carbocycles. The van der Waals surface area contributed by atoms with Gasteiger partial charge in [-0.2, -0.15) is 0 Å². The molecule has 1 rings (SSSR count). The van der Waals surface area contributed by atoms with Gasteiger partial charge < -0.3 is 15.4 Å². The number of para-hydroxylation sites is 1. The summed E-state index contributed by atoms with van der Waals surface area (Å²) in [5.74, 6) is -0.0151. The fourth-order valence-electron chi connectivity index (χ4n) is 1.76. The number of carbonyl (C=O) groups is 1. The summed E-state index contributed by atoms with van der Waals surface area (Å²) in [4.78, 5) is 12.0. The molecule has 0 aliphatic rings. The van der Waals surface area contributed by atoms with Crippen LogP contribution in [0, 0.1) is 5.41 Å². The van der Waals surface area contributed by atoms with Crippen molar-refractivity contribution in [3.05, 3.63) is 30.3 Å². The van der Waals surface area contributed by atoms with E-state index in [0.29, 0.717) is 0 Å². The van der Waals surface area contributed by atoms with Gasteiger partial charge in [0.05, 0.1) is 6.04 Å². The first kappa shape index (κ1) is 16.7. The average molecular weight is 278 g/mol. The van der Waals surface area contributed by atoms with Crippen LogP contribution in [0.2, 0.25) is 0 Å². The zero-order valence-electron chi connectivity index (χ0n) is 12.9. The Hall–Kier alpha value is -1.39. The van der Waals surface area contributed by atoms with Crippen molar-refractivity contribution in [2.24, 2.45) is 5.41 Å². The molecule has 0 saturated heterocycles. The standard InChI is InChI=1S/C16H26N2O2/c1-13(17-12-16(2,3)10-11-20-4)15(19)18-14-8-6-5-7-9-14/h5-9,13,17H,10-12H2,1-4H3,(H,18,19). The molecule has 4 nitrogen and oxygen atoms in total. The Morgan fingerprint density at radius 2 is 1.95 bits per heavy atom. The van der Waals surface area contributed by atoms with Crippen LogP contribution in [0.4, 0.5) is 5.69 Å². The number of methoxy groups -OCH3 is 1. The summed E-state index contributed by atoms with van der Waals surface area (Å²) in [7, 11) is 1.71. The molecule has 0 fully saturated rings. The summed E-state index contributed by atoms with van der Waals surface area (Å²) in [5.41, 5.74) is 0.932. The maximum absolute atomic E-state index is 12.0. The minimum atomic E-state index is -0.225. The van der Waals surface area contributed by atoms with Gasteiger partial charge in [-0.3, -0.25) is 4.79 Å². The number of rotatable bonds is 8. The second kappa shape index (κ2) is 8.02. The summed E-state index contributed by atoms with van der Waals surface area (Å²) >= 11 is 0. The number of hydrogen-bond donors (Lipinski definition) is 2. The zero-order valence-corrected chi connectivity index (χ0v) is 12.9. The molecule has 0 aromatic heterocycles. The van der Waals surface area contributed by atoms with Gasteiger partial charge in [-0.25, -0.2) is 0 Å². The lowest BCUT2D eigenvalue weighted by molar-refractivity contribution is -0.117. The summed E-state index contributed by atoms with van der Waals surface area (Å²) in [5, 5.41) is 6.18. The summed E-state index contributed by atoms with van der Waals surface area (Å²) in [6, 6.07) is 9.27. The minimum absolute atomic E-state index is 0.0151.